The van der Waals surface area contributed by atoms with Crippen molar-refractivity contribution < 1.29 is 9.53 Å². The molecule has 0 aliphatic rings. The maximum absolute atomic E-state index is 11.7. The normalized spacial score (nSPS) is 10.1. The van der Waals surface area contributed by atoms with Crippen molar-refractivity contribution in [1.82, 2.24) is 10.3 Å². The third kappa shape index (κ3) is 3.07. The molecule has 18 heavy (non-hydrogen) atoms. The van der Waals surface area contributed by atoms with Gasteiger partial charge in [0.15, 0.2) is 0 Å². The fraction of sp³-hybridized carbons (Fsp3) is 0.231. The monoisotopic (exact) mass is 262 g/mol. The van der Waals surface area contributed by atoms with Crippen LogP contribution in [0, 0.1) is 0 Å². The zero-order valence-electron chi connectivity index (χ0n) is 10.1. The first-order valence-electron chi connectivity index (χ1n) is 5.59. The molecule has 0 bridgehead atoms. The third-order valence-corrected chi connectivity index (χ3v) is 3.12. The molecular formula is C13H14N2O2S. The molecule has 1 aromatic carbocycles. The number of nitrogens with one attached hydrogen (secondary N) is 1. The van der Waals surface area contributed by atoms with Crippen LogP contribution in [0.5, 0.6) is 5.75 Å². The van der Waals surface area contributed by atoms with Crippen molar-refractivity contribution in [2.24, 2.45) is 0 Å². The zero-order chi connectivity index (χ0) is 12.8. The molecule has 0 spiro atoms. The van der Waals surface area contributed by atoms with Gasteiger partial charge in [0.05, 0.1) is 12.6 Å². The average Bonchev–Trinajstić information content (AvgIpc) is 2.93. The fourth-order valence-electron chi connectivity index (χ4n) is 1.64. The van der Waals surface area contributed by atoms with Gasteiger partial charge in [0, 0.05) is 11.9 Å². The van der Waals surface area contributed by atoms with Gasteiger partial charge in [-0.1, -0.05) is 18.2 Å². The summed E-state index contributed by atoms with van der Waals surface area (Å²) >= 11 is 1.41. The maximum atomic E-state index is 11.7. The Hall–Kier alpha value is -1.88. The van der Waals surface area contributed by atoms with Gasteiger partial charge in [-0.15, -0.1) is 11.3 Å². The smallest absolute Gasteiger partial charge is 0.270 e. The summed E-state index contributed by atoms with van der Waals surface area (Å²) in [5.74, 6) is 0.714. The molecule has 0 atom stereocenters. The highest BCUT2D eigenvalue weighted by molar-refractivity contribution is 7.07. The summed E-state index contributed by atoms with van der Waals surface area (Å²) in [5, 5.41) is 4.57. The van der Waals surface area contributed by atoms with Crippen LogP contribution in [0.25, 0.3) is 0 Å². The molecule has 1 N–H and O–H groups in total. The molecule has 94 valence electrons. The molecule has 5 heteroatoms. The fourth-order valence-corrected chi connectivity index (χ4v) is 2.17. The summed E-state index contributed by atoms with van der Waals surface area (Å²) in [7, 11) is 1.65. The predicted octanol–water partition coefficient (Wildman–Crippen LogP) is 2.12. The number of hydrogen-bond acceptors (Lipinski definition) is 4. The lowest BCUT2D eigenvalue weighted by molar-refractivity contribution is 0.0950. The topological polar surface area (TPSA) is 51.2 Å². The Morgan fingerprint density at radius 2 is 2.28 bits per heavy atom. The molecule has 0 saturated carbocycles. The minimum absolute atomic E-state index is 0.133. The van der Waals surface area contributed by atoms with Gasteiger partial charge in [-0.25, -0.2) is 4.98 Å². The van der Waals surface area contributed by atoms with Crippen molar-refractivity contribution in [3.8, 4) is 5.75 Å². The predicted molar refractivity (Wildman–Crippen MR) is 71.1 cm³/mol. The van der Waals surface area contributed by atoms with Crippen LogP contribution in [-0.2, 0) is 6.42 Å². The van der Waals surface area contributed by atoms with Crippen molar-refractivity contribution in [2.75, 3.05) is 13.7 Å². The van der Waals surface area contributed by atoms with Crippen LogP contribution in [0.15, 0.2) is 35.2 Å². The van der Waals surface area contributed by atoms with Crippen LogP contribution in [0.2, 0.25) is 0 Å². The van der Waals surface area contributed by atoms with E-state index in [1.54, 1.807) is 18.0 Å². The molecule has 0 saturated heterocycles. The van der Waals surface area contributed by atoms with E-state index in [9.17, 15) is 4.79 Å². The minimum Gasteiger partial charge on any atom is -0.496 e. The van der Waals surface area contributed by atoms with Crippen molar-refractivity contribution in [1.29, 1.82) is 0 Å². The number of carbonyl (C=O) groups is 1. The summed E-state index contributed by atoms with van der Waals surface area (Å²) < 4.78 is 5.25. The summed E-state index contributed by atoms with van der Waals surface area (Å²) in [5.41, 5.74) is 3.20. The van der Waals surface area contributed by atoms with E-state index in [1.807, 2.05) is 24.3 Å². The van der Waals surface area contributed by atoms with E-state index in [2.05, 4.69) is 10.3 Å². The Morgan fingerprint density at radius 3 is 3.00 bits per heavy atom. The van der Waals surface area contributed by atoms with Crippen LogP contribution < -0.4 is 10.1 Å². The number of carbonyl (C=O) groups excluding carboxylic acids is 1. The van der Waals surface area contributed by atoms with E-state index in [4.69, 9.17) is 4.74 Å². The van der Waals surface area contributed by atoms with Crippen molar-refractivity contribution in [3.63, 3.8) is 0 Å². The SMILES string of the molecule is COc1ccccc1CCNC(=O)c1cscn1. The van der Waals surface area contributed by atoms with E-state index < -0.39 is 0 Å². The van der Waals surface area contributed by atoms with E-state index in [0.717, 1.165) is 17.7 Å². The molecule has 2 aromatic rings. The summed E-state index contributed by atoms with van der Waals surface area (Å²) in [6.07, 6.45) is 0.736. The molecule has 0 radical (unpaired) electrons. The molecule has 0 fully saturated rings. The second-order valence-corrected chi connectivity index (χ2v) is 4.41. The summed E-state index contributed by atoms with van der Waals surface area (Å²) in [4.78, 5) is 15.6. The first-order chi connectivity index (χ1) is 8.81. The number of aromatic nitrogens is 1. The Kier molecular flexibility index (Phi) is 4.30. The number of para-hydroxylation sites is 1. The standard InChI is InChI=1S/C13H14N2O2S/c1-17-12-5-3-2-4-10(12)6-7-14-13(16)11-8-18-9-15-11/h2-5,8-9H,6-7H2,1H3,(H,14,16). The number of rotatable bonds is 5. The molecule has 4 nitrogen and oxygen atoms in total. The Labute approximate surface area is 110 Å². The number of benzene rings is 1. The zero-order valence-corrected chi connectivity index (χ0v) is 10.9. The Morgan fingerprint density at radius 1 is 1.44 bits per heavy atom. The van der Waals surface area contributed by atoms with Crippen LogP contribution in [0.1, 0.15) is 16.1 Å². The summed E-state index contributed by atoms with van der Waals surface area (Å²) in [6.45, 7) is 0.566. The van der Waals surface area contributed by atoms with Crippen LogP contribution in [0.3, 0.4) is 0 Å². The van der Waals surface area contributed by atoms with Crippen molar-refractivity contribution in [3.05, 3.63) is 46.4 Å². The highest BCUT2D eigenvalue weighted by Gasteiger charge is 2.07. The molecule has 0 unspecified atom stereocenters. The van der Waals surface area contributed by atoms with Gasteiger partial charge in [0.1, 0.15) is 11.4 Å². The lowest BCUT2D eigenvalue weighted by atomic mass is 10.1. The molecule has 0 aliphatic heterocycles. The lowest BCUT2D eigenvalue weighted by Crippen LogP contribution is -2.26. The molecule has 0 aliphatic carbocycles. The number of nitrogens with zero attached hydrogens (tertiary/aromatic N) is 1. The van der Waals surface area contributed by atoms with Gasteiger partial charge in [0.25, 0.3) is 5.91 Å². The molecule has 1 aromatic heterocycles. The largest absolute Gasteiger partial charge is 0.496 e. The average molecular weight is 262 g/mol. The first kappa shape index (κ1) is 12.6. The number of thiazole rings is 1. The van der Waals surface area contributed by atoms with E-state index in [1.165, 1.54) is 11.3 Å². The van der Waals surface area contributed by atoms with Gasteiger partial charge in [-0.2, -0.15) is 0 Å². The minimum atomic E-state index is -0.133. The number of methoxy groups -OCH3 is 1. The van der Waals surface area contributed by atoms with E-state index >= 15 is 0 Å². The Balaban J connectivity index is 1.87. The van der Waals surface area contributed by atoms with Gasteiger partial charge in [0.2, 0.25) is 0 Å². The highest BCUT2D eigenvalue weighted by atomic mass is 32.1. The van der Waals surface area contributed by atoms with Crippen LogP contribution >= 0.6 is 11.3 Å². The van der Waals surface area contributed by atoms with Gasteiger partial charge >= 0.3 is 0 Å². The van der Waals surface area contributed by atoms with Gasteiger partial charge < -0.3 is 10.1 Å². The van der Waals surface area contributed by atoms with Gasteiger partial charge in [-0.05, 0) is 18.1 Å². The number of amides is 1. The first-order valence-corrected chi connectivity index (χ1v) is 6.54. The van der Waals surface area contributed by atoms with E-state index in [-0.39, 0.29) is 5.91 Å². The maximum Gasteiger partial charge on any atom is 0.270 e. The van der Waals surface area contributed by atoms with Gasteiger partial charge in [-0.3, -0.25) is 4.79 Å². The number of hydrogen-bond donors (Lipinski definition) is 1. The lowest BCUT2D eigenvalue weighted by Gasteiger charge is -2.08. The van der Waals surface area contributed by atoms with Crippen LogP contribution in [-0.4, -0.2) is 24.5 Å². The van der Waals surface area contributed by atoms with Crippen molar-refractivity contribution >= 4 is 17.2 Å². The molecule has 1 amide bonds. The second kappa shape index (κ2) is 6.16. The number of ether oxygens (including phenoxy) is 1. The highest BCUT2D eigenvalue weighted by Crippen LogP contribution is 2.17. The van der Waals surface area contributed by atoms with Crippen LogP contribution in [0.4, 0.5) is 0 Å². The quantitative estimate of drug-likeness (QED) is 0.898. The summed E-state index contributed by atoms with van der Waals surface area (Å²) in [6, 6.07) is 7.79. The van der Waals surface area contributed by atoms with Crippen molar-refractivity contribution in [2.45, 2.75) is 6.42 Å². The van der Waals surface area contributed by atoms with E-state index in [0.29, 0.717) is 12.2 Å². The molecule has 2 rings (SSSR count). The Bertz CT molecular complexity index is 511. The second-order valence-electron chi connectivity index (χ2n) is 3.69. The third-order valence-electron chi connectivity index (χ3n) is 2.54. The molecular weight excluding hydrogens is 248 g/mol. The molecule has 1 heterocycles.